The van der Waals surface area contributed by atoms with Gasteiger partial charge in [0.2, 0.25) is 0 Å². The van der Waals surface area contributed by atoms with E-state index in [1.165, 1.54) is 0 Å². The Kier molecular flexibility index (Phi) is 5.02. The summed E-state index contributed by atoms with van der Waals surface area (Å²) in [5.74, 6) is -0.727. The van der Waals surface area contributed by atoms with Crippen molar-refractivity contribution in [1.82, 2.24) is 0 Å². The first-order valence-electron chi connectivity index (χ1n) is 4.99. The van der Waals surface area contributed by atoms with Crippen molar-refractivity contribution in [3.63, 3.8) is 0 Å². The lowest BCUT2D eigenvalue weighted by Gasteiger charge is -2.08. The van der Waals surface area contributed by atoms with Crippen LogP contribution in [0.1, 0.15) is 13.8 Å². The van der Waals surface area contributed by atoms with E-state index in [-0.39, 0.29) is 16.7 Å². The van der Waals surface area contributed by atoms with Gasteiger partial charge in [-0.3, -0.25) is 0 Å². The zero-order valence-corrected chi connectivity index (χ0v) is 10.1. The summed E-state index contributed by atoms with van der Waals surface area (Å²) in [5, 5.41) is 0. The van der Waals surface area contributed by atoms with E-state index in [0.29, 0.717) is 12.4 Å². The molecule has 5 heteroatoms. The molecule has 0 radical (unpaired) electrons. The number of halogens is 2. The van der Waals surface area contributed by atoms with Gasteiger partial charge < -0.3 is 10.5 Å². The molecule has 0 fully saturated rings. The zero-order valence-electron chi connectivity index (χ0n) is 9.30. The first-order chi connectivity index (χ1) is 7.50. The van der Waals surface area contributed by atoms with Crippen molar-refractivity contribution in [3.8, 4) is 0 Å². The molecule has 0 aliphatic carbocycles. The number of benzene rings is 1. The van der Waals surface area contributed by atoms with Crippen molar-refractivity contribution in [2.75, 3.05) is 18.1 Å². The van der Waals surface area contributed by atoms with Gasteiger partial charge in [0, 0.05) is 11.4 Å². The molecule has 0 bridgehead atoms. The minimum atomic E-state index is -0.618. The number of hydrogen-bond acceptors (Lipinski definition) is 3. The van der Waals surface area contributed by atoms with Crippen LogP contribution in [-0.2, 0) is 4.74 Å². The normalized spacial score (nSPS) is 11.1. The molecule has 0 atom stereocenters. The number of rotatable bonds is 5. The lowest BCUT2D eigenvalue weighted by Crippen LogP contribution is -2.05. The fraction of sp³-hybridized carbons (Fsp3) is 0.455. The lowest BCUT2D eigenvalue weighted by atomic mass is 10.3. The van der Waals surface area contributed by atoms with E-state index in [9.17, 15) is 8.78 Å². The quantitative estimate of drug-likeness (QED) is 0.493. The van der Waals surface area contributed by atoms with Crippen LogP contribution in [0.5, 0.6) is 0 Å². The summed E-state index contributed by atoms with van der Waals surface area (Å²) in [5.41, 5.74) is 5.40. The molecule has 2 N–H and O–H groups in total. The largest absolute Gasteiger partial charge is 0.399 e. The standard InChI is InChI=1S/C11H15F2NOS/c1-7(2)15-3-4-16-11-9(12)5-8(14)6-10(11)13/h5-7H,3-4,14H2,1-2H3. The summed E-state index contributed by atoms with van der Waals surface area (Å²) >= 11 is 1.09. The Morgan fingerprint density at radius 2 is 1.88 bits per heavy atom. The van der Waals surface area contributed by atoms with E-state index in [0.717, 1.165) is 23.9 Å². The number of nitrogen functional groups attached to an aromatic ring is 1. The minimum absolute atomic E-state index is 0.00144. The van der Waals surface area contributed by atoms with Gasteiger partial charge in [-0.15, -0.1) is 11.8 Å². The van der Waals surface area contributed by atoms with Gasteiger partial charge in [-0.25, -0.2) is 8.78 Å². The van der Waals surface area contributed by atoms with Crippen LogP contribution < -0.4 is 5.73 Å². The van der Waals surface area contributed by atoms with E-state index in [4.69, 9.17) is 10.5 Å². The molecule has 0 aliphatic rings. The summed E-state index contributed by atoms with van der Waals surface area (Å²) < 4.78 is 31.9. The molecule has 0 amide bonds. The SMILES string of the molecule is CC(C)OCCSc1c(F)cc(N)cc1F. The third-order valence-electron chi connectivity index (χ3n) is 1.80. The monoisotopic (exact) mass is 247 g/mol. The van der Waals surface area contributed by atoms with Crippen LogP contribution in [0.4, 0.5) is 14.5 Å². The van der Waals surface area contributed by atoms with E-state index in [1.54, 1.807) is 0 Å². The maximum absolute atomic E-state index is 13.3. The van der Waals surface area contributed by atoms with Crippen molar-refractivity contribution >= 4 is 17.4 Å². The predicted molar refractivity (Wildman–Crippen MR) is 62.6 cm³/mol. The third kappa shape index (κ3) is 3.98. The van der Waals surface area contributed by atoms with E-state index < -0.39 is 11.6 Å². The highest BCUT2D eigenvalue weighted by Gasteiger charge is 2.10. The topological polar surface area (TPSA) is 35.2 Å². The molecule has 0 saturated carbocycles. The molecule has 16 heavy (non-hydrogen) atoms. The molecule has 0 saturated heterocycles. The maximum Gasteiger partial charge on any atom is 0.141 e. The van der Waals surface area contributed by atoms with Gasteiger partial charge in [0.15, 0.2) is 0 Å². The highest BCUT2D eigenvalue weighted by Crippen LogP contribution is 2.27. The maximum atomic E-state index is 13.3. The van der Waals surface area contributed by atoms with Crippen LogP contribution in [0.3, 0.4) is 0 Å². The number of thioether (sulfide) groups is 1. The summed E-state index contributed by atoms with van der Waals surface area (Å²) in [6.07, 6.45) is 0.127. The molecule has 1 aromatic carbocycles. The summed E-state index contributed by atoms with van der Waals surface area (Å²) in [7, 11) is 0. The second-order valence-electron chi connectivity index (χ2n) is 3.58. The third-order valence-corrected chi connectivity index (χ3v) is 2.85. The van der Waals surface area contributed by atoms with Crippen molar-refractivity contribution in [3.05, 3.63) is 23.8 Å². The molecular weight excluding hydrogens is 232 g/mol. The highest BCUT2D eigenvalue weighted by atomic mass is 32.2. The molecule has 2 nitrogen and oxygen atoms in total. The lowest BCUT2D eigenvalue weighted by molar-refractivity contribution is 0.0920. The Bertz CT molecular complexity index is 335. The van der Waals surface area contributed by atoms with Gasteiger partial charge >= 0.3 is 0 Å². The van der Waals surface area contributed by atoms with Gasteiger partial charge in [-0.1, -0.05) is 0 Å². The van der Waals surface area contributed by atoms with Crippen molar-refractivity contribution in [1.29, 1.82) is 0 Å². The van der Waals surface area contributed by atoms with Gasteiger partial charge in [-0.05, 0) is 26.0 Å². The number of nitrogens with two attached hydrogens (primary N) is 1. The van der Waals surface area contributed by atoms with Crippen LogP contribution >= 0.6 is 11.8 Å². The van der Waals surface area contributed by atoms with Gasteiger partial charge in [0.1, 0.15) is 11.6 Å². The molecule has 0 heterocycles. The average molecular weight is 247 g/mol. The minimum Gasteiger partial charge on any atom is -0.399 e. The van der Waals surface area contributed by atoms with Crippen LogP contribution in [0.25, 0.3) is 0 Å². The predicted octanol–water partition coefficient (Wildman–Crippen LogP) is 3.06. The Morgan fingerprint density at radius 1 is 1.31 bits per heavy atom. The molecule has 90 valence electrons. The summed E-state index contributed by atoms with van der Waals surface area (Å²) in [6, 6.07) is 2.24. The van der Waals surface area contributed by atoms with Gasteiger partial charge in [0.05, 0.1) is 17.6 Å². The second-order valence-corrected chi connectivity index (χ2v) is 4.69. The fourth-order valence-electron chi connectivity index (χ4n) is 1.14. The Balaban J connectivity index is 2.54. The first kappa shape index (κ1) is 13.3. The summed E-state index contributed by atoms with van der Waals surface area (Å²) in [6.45, 7) is 4.29. The number of ether oxygens (including phenoxy) is 1. The van der Waals surface area contributed by atoms with E-state index in [2.05, 4.69) is 0 Å². The molecule has 0 spiro atoms. The average Bonchev–Trinajstić information content (AvgIpc) is 2.14. The molecule has 0 aromatic heterocycles. The van der Waals surface area contributed by atoms with Gasteiger partial charge in [-0.2, -0.15) is 0 Å². The Hall–Kier alpha value is -0.810. The van der Waals surface area contributed by atoms with Crippen LogP contribution in [0, 0.1) is 11.6 Å². The van der Waals surface area contributed by atoms with Crippen molar-refractivity contribution < 1.29 is 13.5 Å². The molecule has 1 rings (SSSR count). The van der Waals surface area contributed by atoms with E-state index in [1.807, 2.05) is 13.8 Å². The molecule has 0 aliphatic heterocycles. The summed E-state index contributed by atoms with van der Waals surface area (Å²) in [4.78, 5) is 0.00144. The fourth-order valence-corrected chi connectivity index (χ4v) is 1.92. The molecular formula is C11H15F2NOS. The molecule has 0 unspecified atom stereocenters. The van der Waals surface area contributed by atoms with Crippen LogP contribution in [0.2, 0.25) is 0 Å². The second kappa shape index (κ2) is 6.06. The van der Waals surface area contributed by atoms with Crippen LogP contribution in [-0.4, -0.2) is 18.5 Å². The smallest absolute Gasteiger partial charge is 0.141 e. The Morgan fingerprint density at radius 3 is 2.38 bits per heavy atom. The van der Waals surface area contributed by atoms with Gasteiger partial charge in [0.25, 0.3) is 0 Å². The number of hydrogen-bond donors (Lipinski definition) is 1. The van der Waals surface area contributed by atoms with Crippen molar-refractivity contribution in [2.24, 2.45) is 0 Å². The molecule has 1 aromatic rings. The first-order valence-corrected chi connectivity index (χ1v) is 5.98. The van der Waals surface area contributed by atoms with E-state index >= 15 is 0 Å². The van der Waals surface area contributed by atoms with Crippen LogP contribution in [0.15, 0.2) is 17.0 Å². The number of anilines is 1. The van der Waals surface area contributed by atoms with Crippen molar-refractivity contribution in [2.45, 2.75) is 24.8 Å². The highest BCUT2D eigenvalue weighted by molar-refractivity contribution is 7.99. The Labute approximate surface area is 98.2 Å². The zero-order chi connectivity index (χ0) is 12.1.